The zero-order valence-electron chi connectivity index (χ0n) is 22.6. The highest BCUT2D eigenvalue weighted by atomic mass is 16.6. The second kappa shape index (κ2) is 13.4. The normalized spacial score (nSPS) is 13.2. The number of unbranched alkanes of at least 4 members (excludes halogenated alkanes) is 1. The predicted octanol–water partition coefficient (Wildman–Crippen LogP) is 5.05. The van der Waals surface area contributed by atoms with Crippen LogP contribution in [0.4, 0.5) is 4.79 Å². The molecule has 34 heavy (non-hydrogen) atoms. The van der Waals surface area contributed by atoms with Crippen LogP contribution in [0.2, 0.25) is 0 Å². The van der Waals surface area contributed by atoms with E-state index >= 15 is 0 Å². The quantitative estimate of drug-likeness (QED) is 0.439. The molecule has 0 aliphatic rings. The molecule has 0 aliphatic carbocycles. The van der Waals surface area contributed by atoms with Gasteiger partial charge in [0, 0.05) is 13.1 Å². The lowest BCUT2D eigenvalue weighted by Crippen LogP contribution is -2.55. The molecule has 0 spiro atoms. The lowest BCUT2D eigenvalue weighted by molar-refractivity contribution is -0.143. The number of alkyl carbamates (subject to hydrolysis) is 1. The summed E-state index contributed by atoms with van der Waals surface area (Å²) in [5, 5.41) is 5.78. The molecule has 0 heterocycles. The Morgan fingerprint density at radius 2 is 1.62 bits per heavy atom. The van der Waals surface area contributed by atoms with Crippen molar-refractivity contribution in [3.63, 3.8) is 0 Å². The van der Waals surface area contributed by atoms with E-state index in [1.165, 1.54) is 0 Å². The lowest BCUT2D eigenvalue weighted by atomic mass is 9.92. The standard InChI is InChI=1S/C27H45N3O4/c1-10-12-16-28-24(31)23(21-19(5)14-13-15-20(21)6)30(17-11-2)25(32)22(18(3)4)29-26(33)34-27(7,8)9/h13-15,18,22-23H,10-12,16-17H2,1-9H3,(H,28,31)(H,29,33). The van der Waals surface area contributed by atoms with Crippen molar-refractivity contribution < 1.29 is 19.1 Å². The number of rotatable bonds is 11. The highest BCUT2D eigenvalue weighted by Gasteiger charge is 2.38. The smallest absolute Gasteiger partial charge is 0.408 e. The molecule has 7 heteroatoms. The van der Waals surface area contributed by atoms with Gasteiger partial charge >= 0.3 is 6.09 Å². The van der Waals surface area contributed by atoms with Crippen molar-refractivity contribution in [3.8, 4) is 0 Å². The number of hydrogen-bond acceptors (Lipinski definition) is 4. The molecule has 1 rings (SSSR count). The van der Waals surface area contributed by atoms with E-state index in [1.807, 2.05) is 52.8 Å². The van der Waals surface area contributed by atoms with Crippen LogP contribution in [0, 0.1) is 19.8 Å². The monoisotopic (exact) mass is 475 g/mol. The van der Waals surface area contributed by atoms with Gasteiger partial charge in [0.15, 0.2) is 0 Å². The fourth-order valence-corrected chi connectivity index (χ4v) is 3.91. The molecule has 1 aromatic rings. The van der Waals surface area contributed by atoms with Gasteiger partial charge in [-0.2, -0.15) is 0 Å². The van der Waals surface area contributed by atoms with Crippen LogP contribution >= 0.6 is 0 Å². The lowest BCUT2D eigenvalue weighted by Gasteiger charge is -2.36. The molecule has 192 valence electrons. The number of amides is 3. The third-order valence-corrected chi connectivity index (χ3v) is 5.56. The number of carbonyl (C=O) groups excluding carboxylic acids is 3. The Bertz CT molecular complexity index is 809. The molecule has 0 aromatic heterocycles. The van der Waals surface area contributed by atoms with Crippen LogP contribution in [-0.4, -0.2) is 47.5 Å². The summed E-state index contributed by atoms with van der Waals surface area (Å²) in [6.45, 7) is 18.0. The summed E-state index contributed by atoms with van der Waals surface area (Å²) in [6, 6.07) is 4.26. The van der Waals surface area contributed by atoms with E-state index in [-0.39, 0.29) is 17.7 Å². The molecule has 0 aliphatic heterocycles. The zero-order valence-corrected chi connectivity index (χ0v) is 22.6. The minimum absolute atomic E-state index is 0.193. The van der Waals surface area contributed by atoms with Gasteiger partial charge < -0.3 is 20.3 Å². The van der Waals surface area contributed by atoms with Crippen LogP contribution in [0.3, 0.4) is 0 Å². The number of benzene rings is 1. The number of nitrogens with one attached hydrogen (secondary N) is 2. The average Bonchev–Trinajstić information content (AvgIpc) is 2.71. The van der Waals surface area contributed by atoms with Gasteiger partial charge in [0.2, 0.25) is 11.8 Å². The SMILES string of the molecule is CCCCNC(=O)C(c1c(C)cccc1C)N(CCC)C(=O)C(NC(=O)OC(C)(C)C)C(C)C. The zero-order chi connectivity index (χ0) is 26.1. The minimum atomic E-state index is -0.823. The molecule has 0 saturated heterocycles. The summed E-state index contributed by atoms with van der Waals surface area (Å²) in [5.41, 5.74) is 2.05. The van der Waals surface area contributed by atoms with Crippen molar-refractivity contribution in [1.29, 1.82) is 0 Å². The van der Waals surface area contributed by atoms with Crippen molar-refractivity contribution in [2.45, 2.75) is 99.3 Å². The molecule has 0 saturated carbocycles. The van der Waals surface area contributed by atoms with Crippen molar-refractivity contribution in [2.24, 2.45) is 5.92 Å². The summed E-state index contributed by atoms with van der Waals surface area (Å²) in [5.74, 6) is -0.686. The van der Waals surface area contributed by atoms with Gasteiger partial charge in [-0.3, -0.25) is 9.59 Å². The Hall–Kier alpha value is -2.57. The molecular formula is C27H45N3O4. The van der Waals surface area contributed by atoms with Crippen LogP contribution in [0.25, 0.3) is 0 Å². The molecule has 0 fully saturated rings. The topological polar surface area (TPSA) is 87.7 Å². The number of carbonyl (C=O) groups is 3. The Labute approximate surface area is 206 Å². The highest BCUT2D eigenvalue weighted by molar-refractivity contribution is 5.92. The van der Waals surface area contributed by atoms with Gasteiger partial charge in [-0.05, 0) is 70.1 Å². The van der Waals surface area contributed by atoms with Gasteiger partial charge in [0.05, 0.1) is 0 Å². The molecule has 0 bridgehead atoms. The first-order valence-corrected chi connectivity index (χ1v) is 12.5. The van der Waals surface area contributed by atoms with E-state index in [0.717, 1.165) is 29.5 Å². The Balaban J connectivity index is 3.45. The van der Waals surface area contributed by atoms with Crippen LogP contribution in [0.1, 0.15) is 90.5 Å². The molecule has 3 amide bonds. The molecule has 2 atom stereocenters. The molecule has 7 nitrogen and oxygen atoms in total. The predicted molar refractivity (Wildman–Crippen MR) is 137 cm³/mol. The molecular weight excluding hydrogens is 430 g/mol. The average molecular weight is 476 g/mol. The van der Waals surface area contributed by atoms with Gasteiger partial charge in [0.25, 0.3) is 0 Å². The number of nitrogens with zero attached hydrogens (tertiary/aromatic N) is 1. The van der Waals surface area contributed by atoms with E-state index in [9.17, 15) is 14.4 Å². The van der Waals surface area contributed by atoms with Crippen LogP contribution in [-0.2, 0) is 14.3 Å². The van der Waals surface area contributed by atoms with Gasteiger partial charge in [-0.1, -0.05) is 52.3 Å². The van der Waals surface area contributed by atoms with Gasteiger partial charge in [0.1, 0.15) is 17.7 Å². The van der Waals surface area contributed by atoms with Crippen molar-refractivity contribution >= 4 is 17.9 Å². The third-order valence-electron chi connectivity index (χ3n) is 5.56. The van der Waals surface area contributed by atoms with E-state index in [0.29, 0.717) is 19.5 Å². The molecule has 2 N–H and O–H groups in total. The van der Waals surface area contributed by atoms with Gasteiger partial charge in [-0.25, -0.2) is 4.79 Å². The maximum atomic E-state index is 13.9. The van der Waals surface area contributed by atoms with E-state index in [4.69, 9.17) is 4.74 Å². The Morgan fingerprint density at radius 3 is 2.09 bits per heavy atom. The second-order valence-electron chi connectivity index (χ2n) is 10.3. The highest BCUT2D eigenvalue weighted by Crippen LogP contribution is 2.29. The fraction of sp³-hybridized carbons (Fsp3) is 0.667. The maximum Gasteiger partial charge on any atom is 0.408 e. The molecule has 2 unspecified atom stereocenters. The van der Waals surface area contributed by atoms with E-state index in [2.05, 4.69) is 17.6 Å². The minimum Gasteiger partial charge on any atom is -0.444 e. The summed E-state index contributed by atoms with van der Waals surface area (Å²) in [7, 11) is 0. The second-order valence-corrected chi connectivity index (χ2v) is 10.3. The van der Waals surface area contributed by atoms with E-state index < -0.39 is 23.8 Å². The molecule has 0 radical (unpaired) electrons. The summed E-state index contributed by atoms with van der Waals surface area (Å²) in [6.07, 6.45) is 1.85. The maximum absolute atomic E-state index is 13.9. The Kier molecular flexibility index (Phi) is 11.6. The fourth-order valence-electron chi connectivity index (χ4n) is 3.91. The van der Waals surface area contributed by atoms with Crippen molar-refractivity contribution in [3.05, 3.63) is 34.9 Å². The van der Waals surface area contributed by atoms with Gasteiger partial charge in [-0.15, -0.1) is 0 Å². The van der Waals surface area contributed by atoms with Crippen LogP contribution < -0.4 is 10.6 Å². The largest absolute Gasteiger partial charge is 0.444 e. The molecule has 1 aromatic carbocycles. The summed E-state index contributed by atoms with van der Waals surface area (Å²) >= 11 is 0. The van der Waals surface area contributed by atoms with Crippen molar-refractivity contribution in [1.82, 2.24) is 15.5 Å². The number of aryl methyl sites for hydroxylation is 2. The van der Waals surface area contributed by atoms with E-state index in [1.54, 1.807) is 25.7 Å². The first kappa shape index (κ1) is 29.5. The first-order chi connectivity index (χ1) is 15.8. The summed E-state index contributed by atoms with van der Waals surface area (Å²) in [4.78, 5) is 41.6. The third kappa shape index (κ3) is 8.65. The van der Waals surface area contributed by atoms with Crippen LogP contribution in [0.15, 0.2) is 18.2 Å². The Morgan fingerprint density at radius 1 is 1.03 bits per heavy atom. The van der Waals surface area contributed by atoms with Crippen LogP contribution in [0.5, 0.6) is 0 Å². The first-order valence-electron chi connectivity index (χ1n) is 12.5. The number of hydrogen-bond donors (Lipinski definition) is 2. The number of ether oxygens (including phenoxy) is 1. The van der Waals surface area contributed by atoms with Crippen molar-refractivity contribution in [2.75, 3.05) is 13.1 Å². The summed E-state index contributed by atoms with van der Waals surface area (Å²) < 4.78 is 5.40.